The maximum atomic E-state index is 13.2. The second kappa shape index (κ2) is 6.86. The third-order valence-corrected chi connectivity index (χ3v) is 3.16. The number of rotatable bonds is 4. The van der Waals surface area contributed by atoms with Crippen LogP contribution in [0.25, 0.3) is 11.4 Å². The van der Waals surface area contributed by atoms with Crippen molar-refractivity contribution in [2.24, 2.45) is 0 Å². The molecule has 0 saturated heterocycles. The SMILES string of the molecule is C[C@@H](NC(=O)Nc1cccnc1)c1nc(-c2cccc(F)c2)no1. The van der Waals surface area contributed by atoms with Gasteiger partial charge in [0.2, 0.25) is 11.7 Å². The molecule has 8 heteroatoms. The monoisotopic (exact) mass is 327 g/mol. The van der Waals surface area contributed by atoms with Crippen molar-refractivity contribution >= 4 is 11.7 Å². The van der Waals surface area contributed by atoms with Crippen LogP contribution in [0.1, 0.15) is 18.9 Å². The number of nitrogens with one attached hydrogen (secondary N) is 2. The van der Waals surface area contributed by atoms with Gasteiger partial charge in [0.1, 0.15) is 11.9 Å². The number of pyridine rings is 1. The van der Waals surface area contributed by atoms with Gasteiger partial charge in [-0.25, -0.2) is 9.18 Å². The van der Waals surface area contributed by atoms with Gasteiger partial charge < -0.3 is 15.2 Å². The molecule has 24 heavy (non-hydrogen) atoms. The average Bonchev–Trinajstić information content (AvgIpc) is 3.06. The van der Waals surface area contributed by atoms with Crippen molar-refractivity contribution in [3.8, 4) is 11.4 Å². The second-order valence-electron chi connectivity index (χ2n) is 5.03. The molecule has 0 fully saturated rings. The molecule has 1 atom stereocenters. The Kier molecular flexibility index (Phi) is 4.46. The zero-order valence-electron chi connectivity index (χ0n) is 12.7. The third kappa shape index (κ3) is 3.72. The fourth-order valence-electron chi connectivity index (χ4n) is 2.02. The number of amides is 2. The average molecular weight is 327 g/mol. The lowest BCUT2D eigenvalue weighted by molar-refractivity contribution is 0.245. The molecule has 2 heterocycles. The van der Waals surface area contributed by atoms with Gasteiger partial charge in [-0.2, -0.15) is 4.98 Å². The molecule has 122 valence electrons. The highest BCUT2D eigenvalue weighted by atomic mass is 19.1. The van der Waals surface area contributed by atoms with Crippen LogP contribution in [-0.4, -0.2) is 21.2 Å². The van der Waals surface area contributed by atoms with Crippen LogP contribution in [0.4, 0.5) is 14.9 Å². The lowest BCUT2D eigenvalue weighted by Gasteiger charge is -2.10. The van der Waals surface area contributed by atoms with E-state index in [4.69, 9.17) is 4.52 Å². The van der Waals surface area contributed by atoms with E-state index in [1.807, 2.05) is 0 Å². The molecular formula is C16H14FN5O2. The lowest BCUT2D eigenvalue weighted by atomic mass is 10.2. The highest BCUT2D eigenvalue weighted by molar-refractivity contribution is 5.89. The minimum absolute atomic E-state index is 0.218. The number of anilines is 1. The molecule has 2 aromatic heterocycles. The van der Waals surface area contributed by atoms with E-state index >= 15 is 0 Å². The predicted octanol–water partition coefficient (Wildman–Crippen LogP) is 3.15. The third-order valence-electron chi connectivity index (χ3n) is 3.16. The van der Waals surface area contributed by atoms with Crippen LogP contribution in [0.2, 0.25) is 0 Å². The topological polar surface area (TPSA) is 92.9 Å². The predicted molar refractivity (Wildman–Crippen MR) is 84.5 cm³/mol. The zero-order valence-corrected chi connectivity index (χ0v) is 12.7. The molecule has 2 amide bonds. The van der Waals surface area contributed by atoms with E-state index in [0.717, 1.165) is 0 Å². The van der Waals surface area contributed by atoms with Crippen molar-refractivity contribution in [1.82, 2.24) is 20.4 Å². The molecule has 2 N–H and O–H groups in total. The van der Waals surface area contributed by atoms with E-state index in [-0.39, 0.29) is 17.5 Å². The highest BCUT2D eigenvalue weighted by Crippen LogP contribution is 2.19. The summed E-state index contributed by atoms with van der Waals surface area (Å²) in [7, 11) is 0. The minimum atomic E-state index is -0.517. The Morgan fingerprint density at radius 2 is 2.17 bits per heavy atom. The number of hydrogen-bond acceptors (Lipinski definition) is 5. The normalized spacial score (nSPS) is 11.8. The van der Waals surface area contributed by atoms with Gasteiger partial charge in [0.25, 0.3) is 0 Å². The van der Waals surface area contributed by atoms with Gasteiger partial charge in [-0.1, -0.05) is 17.3 Å². The van der Waals surface area contributed by atoms with Gasteiger partial charge in [0.15, 0.2) is 0 Å². The van der Waals surface area contributed by atoms with Crippen molar-refractivity contribution < 1.29 is 13.7 Å². The molecule has 0 radical (unpaired) electrons. The summed E-state index contributed by atoms with van der Waals surface area (Å²) in [5.41, 5.74) is 1.06. The molecule has 0 aliphatic carbocycles. The van der Waals surface area contributed by atoms with Crippen molar-refractivity contribution in [3.05, 3.63) is 60.5 Å². The van der Waals surface area contributed by atoms with E-state index in [0.29, 0.717) is 11.3 Å². The Balaban J connectivity index is 1.65. The summed E-state index contributed by atoms with van der Waals surface area (Å²) >= 11 is 0. The number of benzene rings is 1. The van der Waals surface area contributed by atoms with Gasteiger partial charge in [-0.3, -0.25) is 4.98 Å². The zero-order chi connectivity index (χ0) is 16.9. The van der Waals surface area contributed by atoms with Crippen molar-refractivity contribution in [3.63, 3.8) is 0 Å². The van der Waals surface area contributed by atoms with E-state index in [1.165, 1.54) is 18.3 Å². The molecular weight excluding hydrogens is 313 g/mol. The quantitative estimate of drug-likeness (QED) is 0.768. The fraction of sp³-hybridized carbons (Fsp3) is 0.125. The van der Waals surface area contributed by atoms with E-state index in [1.54, 1.807) is 37.4 Å². The Bertz CT molecular complexity index is 837. The Labute approximate surface area is 136 Å². The molecule has 0 unspecified atom stereocenters. The van der Waals surface area contributed by atoms with E-state index in [2.05, 4.69) is 25.8 Å². The molecule has 7 nitrogen and oxygen atoms in total. The van der Waals surface area contributed by atoms with Crippen LogP contribution in [0.15, 0.2) is 53.3 Å². The van der Waals surface area contributed by atoms with Crippen LogP contribution in [0, 0.1) is 5.82 Å². The molecule has 0 spiro atoms. The van der Waals surface area contributed by atoms with Crippen molar-refractivity contribution in [1.29, 1.82) is 0 Å². The number of urea groups is 1. The van der Waals surface area contributed by atoms with Gasteiger partial charge in [0.05, 0.1) is 11.9 Å². The molecule has 1 aromatic carbocycles. The molecule has 0 bridgehead atoms. The van der Waals surface area contributed by atoms with Crippen LogP contribution >= 0.6 is 0 Å². The van der Waals surface area contributed by atoms with Gasteiger partial charge in [0, 0.05) is 11.8 Å². The largest absolute Gasteiger partial charge is 0.337 e. The number of halogens is 1. The van der Waals surface area contributed by atoms with Gasteiger partial charge >= 0.3 is 6.03 Å². The molecule has 0 saturated carbocycles. The number of carbonyl (C=O) groups excluding carboxylic acids is 1. The summed E-state index contributed by atoms with van der Waals surface area (Å²) in [6, 6.07) is 8.35. The van der Waals surface area contributed by atoms with Crippen LogP contribution in [0.3, 0.4) is 0 Å². The highest BCUT2D eigenvalue weighted by Gasteiger charge is 2.17. The Morgan fingerprint density at radius 1 is 1.29 bits per heavy atom. The molecule has 3 aromatic rings. The standard InChI is InChI=1S/C16H14FN5O2/c1-10(19-16(23)20-13-6-3-7-18-9-13)15-21-14(22-24-15)11-4-2-5-12(17)8-11/h2-10H,1H3,(H2,19,20,23)/t10-/m1/s1. The molecule has 0 aliphatic heterocycles. The van der Waals surface area contributed by atoms with Gasteiger partial charge in [-0.15, -0.1) is 0 Å². The van der Waals surface area contributed by atoms with Gasteiger partial charge in [-0.05, 0) is 31.2 Å². The lowest BCUT2D eigenvalue weighted by Crippen LogP contribution is -2.31. The summed E-state index contributed by atoms with van der Waals surface area (Å²) in [4.78, 5) is 20.0. The first-order valence-electron chi connectivity index (χ1n) is 7.19. The summed E-state index contributed by atoms with van der Waals surface area (Å²) in [6.07, 6.45) is 3.14. The maximum Gasteiger partial charge on any atom is 0.319 e. The molecule has 0 aliphatic rings. The van der Waals surface area contributed by atoms with Crippen LogP contribution in [0.5, 0.6) is 0 Å². The van der Waals surface area contributed by atoms with Crippen molar-refractivity contribution in [2.75, 3.05) is 5.32 Å². The summed E-state index contributed by atoms with van der Waals surface area (Å²) < 4.78 is 18.4. The molecule has 3 rings (SSSR count). The number of carbonyl (C=O) groups is 1. The Morgan fingerprint density at radius 3 is 2.92 bits per heavy atom. The number of aromatic nitrogens is 3. The van der Waals surface area contributed by atoms with Crippen LogP contribution < -0.4 is 10.6 Å². The second-order valence-corrected chi connectivity index (χ2v) is 5.03. The number of hydrogen-bond donors (Lipinski definition) is 2. The first-order chi connectivity index (χ1) is 11.6. The maximum absolute atomic E-state index is 13.2. The summed E-state index contributed by atoms with van der Waals surface area (Å²) in [5.74, 6) is 0.0855. The number of nitrogens with zero attached hydrogens (tertiary/aromatic N) is 3. The first-order valence-corrected chi connectivity index (χ1v) is 7.19. The smallest absolute Gasteiger partial charge is 0.319 e. The Hall–Kier alpha value is -3.29. The van der Waals surface area contributed by atoms with Crippen LogP contribution in [-0.2, 0) is 0 Å². The first kappa shape index (κ1) is 15.6. The summed E-state index contributed by atoms with van der Waals surface area (Å²) in [5, 5.41) is 9.11. The minimum Gasteiger partial charge on any atom is -0.337 e. The van der Waals surface area contributed by atoms with E-state index in [9.17, 15) is 9.18 Å². The van der Waals surface area contributed by atoms with E-state index < -0.39 is 12.1 Å². The fourth-order valence-corrected chi connectivity index (χ4v) is 2.02. The summed E-state index contributed by atoms with van der Waals surface area (Å²) in [6.45, 7) is 1.70. The van der Waals surface area contributed by atoms with Crippen molar-refractivity contribution in [2.45, 2.75) is 13.0 Å².